The van der Waals surface area contributed by atoms with Crippen LogP contribution in [0.4, 0.5) is 0 Å². The lowest BCUT2D eigenvalue weighted by molar-refractivity contribution is 0.572. The van der Waals surface area contributed by atoms with Crippen LogP contribution in [0.2, 0.25) is 0 Å². The first-order valence-electron chi connectivity index (χ1n) is 3.73. The topological polar surface area (TPSA) is 80.2 Å². The number of hydrogen-bond acceptors (Lipinski definition) is 4. The number of nitrogens with zero attached hydrogens (tertiary/aromatic N) is 2. The molecule has 0 atom stereocenters. The van der Waals surface area contributed by atoms with Crippen LogP contribution >= 0.6 is 0 Å². The van der Waals surface area contributed by atoms with Gasteiger partial charge in [0.1, 0.15) is 11.5 Å². The minimum atomic E-state index is 0.618. The smallest absolute Gasteiger partial charge is 0.152 e. The van der Waals surface area contributed by atoms with Crippen LogP contribution in [-0.2, 0) is 0 Å². The zero-order valence-corrected chi connectivity index (χ0v) is 6.77. The number of nitrogens with two attached hydrogens (primary N) is 1. The molecule has 2 heterocycles. The van der Waals surface area contributed by atoms with Gasteiger partial charge in [0.2, 0.25) is 0 Å². The fraction of sp³-hybridized carbons (Fsp3) is 0. The van der Waals surface area contributed by atoms with E-state index in [4.69, 9.17) is 10.3 Å². The summed E-state index contributed by atoms with van der Waals surface area (Å²) < 4.78 is 5.37. The molecule has 2 aromatic heterocycles. The van der Waals surface area contributed by atoms with E-state index in [1.807, 2.05) is 12.1 Å². The summed E-state index contributed by atoms with van der Waals surface area (Å²) in [6.07, 6.45) is 3.11. The van der Waals surface area contributed by atoms with Crippen LogP contribution in [0.3, 0.4) is 0 Å². The molecule has 0 saturated heterocycles. The van der Waals surface area contributed by atoms with Crippen LogP contribution in [0.5, 0.6) is 0 Å². The van der Waals surface area contributed by atoms with Crippen molar-refractivity contribution in [2.45, 2.75) is 0 Å². The van der Waals surface area contributed by atoms with Crippen molar-refractivity contribution in [3.63, 3.8) is 0 Å². The number of aromatic nitrogens is 2. The van der Waals surface area contributed by atoms with Crippen molar-refractivity contribution in [2.24, 2.45) is 10.9 Å². The highest BCUT2D eigenvalue weighted by Gasteiger charge is 2.03. The Morgan fingerprint density at radius 1 is 1.46 bits per heavy atom. The molecule has 0 aliphatic rings. The van der Waals surface area contributed by atoms with E-state index in [0.717, 1.165) is 5.69 Å². The van der Waals surface area contributed by atoms with E-state index in [0.29, 0.717) is 11.5 Å². The standard InChI is InChI=1S/C8H8N4O/c9-10-5-6-1-2-8(13-6)7-3-4-11-12-7/h1-5H,9H2,(H,11,12)/b10-5+. The number of hydrazone groups is 1. The van der Waals surface area contributed by atoms with Gasteiger partial charge in [-0.15, -0.1) is 0 Å². The summed E-state index contributed by atoms with van der Waals surface area (Å²) in [5, 5.41) is 9.96. The van der Waals surface area contributed by atoms with Gasteiger partial charge in [-0.2, -0.15) is 10.2 Å². The van der Waals surface area contributed by atoms with Crippen molar-refractivity contribution in [2.75, 3.05) is 0 Å². The van der Waals surface area contributed by atoms with Crippen LogP contribution in [0.25, 0.3) is 11.5 Å². The summed E-state index contributed by atoms with van der Waals surface area (Å²) >= 11 is 0. The van der Waals surface area contributed by atoms with Crippen molar-refractivity contribution in [3.05, 3.63) is 30.2 Å². The quantitative estimate of drug-likeness (QED) is 0.406. The highest BCUT2D eigenvalue weighted by Crippen LogP contribution is 2.18. The third kappa shape index (κ3) is 1.44. The summed E-state index contributed by atoms with van der Waals surface area (Å²) in [7, 11) is 0. The van der Waals surface area contributed by atoms with Gasteiger partial charge in [-0.05, 0) is 18.2 Å². The van der Waals surface area contributed by atoms with E-state index in [1.165, 1.54) is 6.21 Å². The van der Waals surface area contributed by atoms with E-state index in [1.54, 1.807) is 12.3 Å². The van der Waals surface area contributed by atoms with Crippen LogP contribution < -0.4 is 5.84 Å². The monoisotopic (exact) mass is 176 g/mol. The molecular weight excluding hydrogens is 168 g/mol. The summed E-state index contributed by atoms with van der Waals surface area (Å²) in [5.41, 5.74) is 0.830. The van der Waals surface area contributed by atoms with E-state index < -0.39 is 0 Å². The molecule has 0 radical (unpaired) electrons. The van der Waals surface area contributed by atoms with Crippen molar-refractivity contribution in [3.8, 4) is 11.5 Å². The van der Waals surface area contributed by atoms with Crippen LogP contribution in [0, 0.1) is 0 Å². The van der Waals surface area contributed by atoms with Gasteiger partial charge in [0, 0.05) is 6.20 Å². The third-order valence-electron chi connectivity index (χ3n) is 1.59. The second-order valence-electron chi connectivity index (χ2n) is 2.45. The number of rotatable bonds is 2. The molecule has 5 nitrogen and oxygen atoms in total. The first kappa shape index (κ1) is 7.60. The number of nitrogens with one attached hydrogen (secondary N) is 1. The molecule has 2 aromatic rings. The highest BCUT2D eigenvalue weighted by atomic mass is 16.3. The maximum atomic E-state index is 5.37. The Hall–Kier alpha value is -2.04. The van der Waals surface area contributed by atoms with E-state index >= 15 is 0 Å². The van der Waals surface area contributed by atoms with Gasteiger partial charge in [-0.25, -0.2) is 0 Å². The van der Waals surface area contributed by atoms with E-state index in [-0.39, 0.29) is 0 Å². The van der Waals surface area contributed by atoms with E-state index in [9.17, 15) is 0 Å². The Labute approximate surface area is 74.3 Å². The minimum absolute atomic E-state index is 0.618. The fourth-order valence-corrected chi connectivity index (χ4v) is 1.03. The van der Waals surface area contributed by atoms with E-state index in [2.05, 4.69) is 15.3 Å². The van der Waals surface area contributed by atoms with Gasteiger partial charge in [-0.3, -0.25) is 5.10 Å². The largest absolute Gasteiger partial charge is 0.453 e. The second-order valence-corrected chi connectivity index (χ2v) is 2.45. The van der Waals surface area contributed by atoms with Crippen molar-refractivity contribution >= 4 is 6.21 Å². The number of aromatic amines is 1. The number of hydrogen-bond donors (Lipinski definition) is 2. The van der Waals surface area contributed by atoms with Crippen molar-refractivity contribution < 1.29 is 4.42 Å². The molecule has 0 aliphatic heterocycles. The average molecular weight is 176 g/mol. The van der Waals surface area contributed by atoms with Crippen LogP contribution in [-0.4, -0.2) is 16.4 Å². The molecule has 0 amide bonds. The molecule has 0 fully saturated rings. The predicted octanol–water partition coefficient (Wildman–Crippen LogP) is 0.962. The summed E-state index contributed by atoms with van der Waals surface area (Å²) in [6, 6.07) is 5.43. The summed E-state index contributed by atoms with van der Waals surface area (Å²) in [5.74, 6) is 6.31. The average Bonchev–Trinajstić information content (AvgIpc) is 2.70. The summed E-state index contributed by atoms with van der Waals surface area (Å²) in [4.78, 5) is 0. The lowest BCUT2D eigenvalue weighted by Gasteiger charge is -1.87. The van der Waals surface area contributed by atoms with Gasteiger partial charge >= 0.3 is 0 Å². The highest BCUT2D eigenvalue weighted by molar-refractivity contribution is 5.76. The third-order valence-corrected chi connectivity index (χ3v) is 1.59. The minimum Gasteiger partial charge on any atom is -0.453 e. The Morgan fingerprint density at radius 2 is 2.38 bits per heavy atom. The molecular formula is C8H8N4O. The Bertz CT molecular complexity index is 401. The van der Waals surface area contributed by atoms with Gasteiger partial charge in [0.15, 0.2) is 5.76 Å². The molecule has 0 aromatic carbocycles. The second kappa shape index (κ2) is 3.14. The molecule has 0 spiro atoms. The zero-order valence-electron chi connectivity index (χ0n) is 6.77. The molecule has 66 valence electrons. The maximum Gasteiger partial charge on any atom is 0.152 e. The van der Waals surface area contributed by atoms with Gasteiger partial charge < -0.3 is 10.3 Å². The lowest BCUT2D eigenvalue weighted by atomic mass is 10.3. The molecule has 0 unspecified atom stereocenters. The van der Waals surface area contributed by atoms with Gasteiger partial charge in [0.05, 0.1) is 6.21 Å². The molecule has 3 N–H and O–H groups in total. The molecule has 2 rings (SSSR count). The van der Waals surface area contributed by atoms with Gasteiger partial charge in [0.25, 0.3) is 0 Å². The Balaban J connectivity index is 2.33. The number of furan rings is 1. The first-order chi connectivity index (χ1) is 6.40. The SMILES string of the molecule is N/N=C/c1ccc(-c2ccn[nH]2)o1. The first-order valence-corrected chi connectivity index (χ1v) is 3.73. The Morgan fingerprint density at radius 3 is 3.08 bits per heavy atom. The maximum absolute atomic E-state index is 5.37. The molecule has 13 heavy (non-hydrogen) atoms. The Kier molecular flexibility index (Phi) is 1.84. The van der Waals surface area contributed by atoms with Crippen LogP contribution in [0.15, 0.2) is 33.9 Å². The van der Waals surface area contributed by atoms with Crippen molar-refractivity contribution in [1.29, 1.82) is 0 Å². The lowest BCUT2D eigenvalue weighted by Crippen LogP contribution is -1.82. The zero-order chi connectivity index (χ0) is 9.10. The van der Waals surface area contributed by atoms with Gasteiger partial charge in [-0.1, -0.05) is 0 Å². The molecule has 0 aliphatic carbocycles. The summed E-state index contributed by atoms with van der Waals surface area (Å²) in [6.45, 7) is 0. The van der Waals surface area contributed by atoms with Crippen molar-refractivity contribution in [1.82, 2.24) is 10.2 Å². The van der Waals surface area contributed by atoms with Crippen LogP contribution in [0.1, 0.15) is 5.76 Å². The molecule has 0 bridgehead atoms. The molecule has 0 saturated carbocycles. The fourth-order valence-electron chi connectivity index (χ4n) is 1.03. The normalized spacial score (nSPS) is 11.1. The molecule has 5 heteroatoms. The predicted molar refractivity (Wildman–Crippen MR) is 48.1 cm³/mol. The number of H-pyrrole nitrogens is 1.